The van der Waals surface area contributed by atoms with Crippen molar-refractivity contribution in [3.8, 4) is 0 Å². The molecule has 0 unspecified atom stereocenters. The van der Waals surface area contributed by atoms with Crippen LogP contribution in [0.5, 0.6) is 0 Å². The molecule has 0 radical (unpaired) electrons. The Bertz CT molecular complexity index is 783. The quantitative estimate of drug-likeness (QED) is 0.601. The highest BCUT2D eigenvalue weighted by atomic mass is 35.5. The number of aryl methyl sites for hydroxylation is 1. The van der Waals surface area contributed by atoms with Crippen LogP contribution < -0.4 is 0 Å². The third-order valence-corrected chi connectivity index (χ3v) is 4.38. The summed E-state index contributed by atoms with van der Waals surface area (Å²) in [6, 6.07) is 7.57. The molecule has 0 aliphatic rings. The second kappa shape index (κ2) is 8.32. The highest BCUT2D eigenvalue weighted by molar-refractivity contribution is 6.31. The zero-order valence-electron chi connectivity index (χ0n) is 15.0. The lowest BCUT2D eigenvalue weighted by Gasteiger charge is -2.17. The van der Waals surface area contributed by atoms with E-state index in [2.05, 4.69) is 4.98 Å². The Kier molecular flexibility index (Phi) is 6.39. The summed E-state index contributed by atoms with van der Waals surface area (Å²) in [7, 11) is 1.87. The molecule has 0 saturated carbocycles. The van der Waals surface area contributed by atoms with Crippen molar-refractivity contribution >= 4 is 23.4 Å². The Morgan fingerprint density at radius 3 is 2.56 bits per heavy atom. The first kappa shape index (κ1) is 19.2. The van der Waals surface area contributed by atoms with Crippen LogP contribution in [-0.2, 0) is 11.3 Å². The SMILES string of the molecule is CCOC(=O)c1[nH]c(C)c(C(=O)CN(C)Cc2ccccc2Cl)c1C. The third-order valence-electron chi connectivity index (χ3n) is 4.01. The molecule has 0 fully saturated rings. The minimum Gasteiger partial charge on any atom is -0.461 e. The standard InChI is InChI=1S/C19H23ClN2O3/c1-5-25-19(24)18-12(2)17(13(3)21-18)16(23)11-22(4)10-14-8-6-7-9-15(14)20/h6-9,21H,5,10-11H2,1-4H3. The maximum absolute atomic E-state index is 12.7. The van der Waals surface area contributed by atoms with Gasteiger partial charge in [0.25, 0.3) is 0 Å². The fourth-order valence-electron chi connectivity index (χ4n) is 2.87. The fourth-order valence-corrected chi connectivity index (χ4v) is 3.07. The van der Waals surface area contributed by atoms with Crippen molar-refractivity contribution in [2.24, 2.45) is 0 Å². The molecule has 25 heavy (non-hydrogen) atoms. The molecule has 2 aromatic rings. The van der Waals surface area contributed by atoms with Crippen LogP contribution in [0.1, 0.15) is 44.6 Å². The number of rotatable bonds is 7. The van der Waals surface area contributed by atoms with Crippen molar-refractivity contribution in [2.45, 2.75) is 27.3 Å². The summed E-state index contributed by atoms with van der Waals surface area (Å²) < 4.78 is 5.02. The summed E-state index contributed by atoms with van der Waals surface area (Å²) in [5, 5.41) is 0.681. The first-order valence-corrected chi connectivity index (χ1v) is 8.54. The number of aromatic amines is 1. The molecular formula is C19H23ClN2O3. The van der Waals surface area contributed by atoms with Gasteiger partial charge in [0, 0.05) is 22.8 Å². The van der Waals surface area contributed by atoms with Crippen molar-refractivity contribution < 1.29 is 14.3 Å². The van der Waals surface area contributed by atoms with Gasteiger partial charge in [-0.3, -0.25) is 9.69 Å². The molecule has 5 nitrogen and oxygen atoms in total. The zero-order chi connectivity index (χ0) is 18.6. The van der Waals surface area contributed by atoms with Gasteiger partial charge in [-0.2, -0.15) is 0 Å². The van der Waals surface area contributed by atoms with E-state index < -0.39 is 5.97 Å². The van der Waals surface area contributed by atoms with E-state index in [-0.39, 0.29) is 12.3 Å². The first-order valence-electron chi connectivity index (χ1n) is 8.16. The van der Waals surface area contributed by atoms with Gasteiger partial charge in [0.05, 0.1) is 13.2 Å². The topological polar surface area (TPSA) is 62.4 Å². The largest absolute Gasteiger partial charge is 0.461 e. The molecule has 0 saturated heterocycles. The van der Waals surface area contributed by atoms with Crippen LogP contribution in [0.25, 0.3) is 0 Å². The van der Waals surface area contributed by atoms with Crippen LogP contribution in [0.4, 0.5) is 0 Å². The van der Waals surface area contributed by atoms with Crippen molar-refractivity contribution in [1.29, 1.82) is 0 Å². The monoisotopic (exact) mass is 362 g/mol. The molecule has 2 rings (SSSR count). The summed E-state index contributed by atoms with van der Waals surface area (Å²) in [4.78, 5) is 29.6. The molecule has 134 valence electrons. The molecular weight excluding hydrogens is 340 g/mol. The molecule has 0 spiro atoms. The van der Waals surface area contributed by atoms with Crippen LogP contribution in [0, 0.1) is 13.8 Å². The number of aromatic nitrogens is 1. The molecule has 0 aliphatic heterocycles. The van der Waals surface area contributed by atoms with Crippen LogP contribution in [0.15, 0.2) is 24.3 Å². The number of nitrogens with one attached hydrogen (secondary N) is 1. The molecule has 0 bridgehead atoms. The predicted molar refractivity (Wildman–Crippen MR) is 98.3 cm³/mol. The molecule has 6 heteroatoms. The van der Waals surface area contributed by atoms with Gasteiger partial charge in [0.1, 0.15) is 5.69 Å². The number of halogens is 1. The highest BCUT2D eigenvalue weighted by Gasteiger charge is 2.23. The molecule has 0 atom stereocenters. The van der Waals surface area contributed by atoms with E-state index in [0.717, 1.165) is 5.56 Å². The number of ketones is 1. The molecule has 0 amide bonds. The average molecular weight is 363 g/mol. The van der Waals surface area contributed by atoms with E-state index in [1.807, 2.05) is 36.2 Å². The number of esters is 1. The summed E-state index contributed by atoms with van der Waals surface area (Å²) in [5.74, 6) is -0.483. The van der Waals surface area contributed by atoms with Crippen LogP contribution in [0.2, 0.25) is 5.02 Å². The number of likely N-dealkylation sites (N-methyl/N-ethyl adjacent to an activating group) is 1. The van der Waals surface area contributed by atoms with E-state index in [1.54, 1.807) is 20.8 Å². The lowest BCUT2D eigenvalue weighted by molar-refractivity contribution is 0.0519. The second-order valence-electron chi connectivity index (χ2n) is 6.03. The van der Waals surface area contributed by atoms with Gasteiger partial charge in [-0.1, -0.05) is 29.8 Å². The normalized spacial score (nSPS) is 11.0. The number of nitrogens with zero attached hydrogens (tertiary/aromatic N) is 1. The number of carbonyl (C=O) groups is 2. The van der Waals surface area contributed by atoms with Gasteiger partial charge >= 0.3 is 5.97 Å². The van der Waals surface area contributed by atoms with Crippen LogP contribution in [0.3, 0.4) is 0 Å². The number of ether oxygens (including phenoxy) is 1. The van der Waals surface area contributed by atoms with Gasteiger partial charge in [0.2, 0.25) is 0 Å². The minimum atomic E-state index is -0.438. The van der Waals surface area contributed by atoms with E-state index in [0.29, 0.717) is 40.7 Å². The Morgan fingerprint density at radius 1 is 1.24 bits per heavy atom. The van der Waals surface area contributed by atoms with Crippen molar-refractivity contribution in [3.63, 3.8) is 0 Å². The maximum Gasteiger partial charge on any atom is 0.355 e. The first-order chi connectivity index (χ1) is 11.8. The Hall–Kier alpha value is -2.11. The van der Waals surface area contributed by atoms with Gasteiger partial charge in [-0.05, 0) is 45.0 Å². The Labute approximate surface area is 152 Å². The lowest BCUT2D eigenvalue weighted by Crippen LogP contribution is -2.26. The zero-order valence-corrected chi connectivity index (χ0v) is 15.7. The molecule has 0 aliphatic carbocycles. The minimum absolute atomic E-state index is 0.0450. The van der Waals surface area contributed by atoms with Crippen LogP contribution in [-0.4, -0.2) is 41.8 Å². The summed E-state index contributed by atoms with van der Waals surface area (Å²) in [5.41, 5.74) is 3.17. The summed E-state index contributed by atoms with van der Waals surface area (Å²) in [6.45, 7) is 6.39. The van der Waals surface area contributed by atoms with E-state index in [9.17, 15) is 9.59 Å². The lowest BCUT2D eigenvalue weighted by atomic mass is 10.1. The molecule has 1 aromatic heterocycles. The van der Waals surface area contributed by atoms with E-state index >= 15 is 0 Å². The van der Waals surface area contributed by atoms with Gasteiger partial charge in [0.15, 0.2) is 5.78 Å². The van der Waals surface area contributed by atoms with E-state index in [1.165, 1.54) is 0 Å². The fraction of sp³-hybridized carbons (Fsp3) is 0.368. The Morgan fingerprint density at radius 2 is 1.92 bits per heavy atom. The molecule has 1 aromatic carbocycles. The highest BCUT2D eigenvalue weighted by Crippen LogP contribution is 2.21. The van der Waals surface area contributed by atoms with Crippen molar-refractivity contribution in [2.75, 3.05) is 20.2 Å². The van der Waals surface area contributed by atoms with Crippen molar-refractivity contribution in [3.05, 3.63) is 57.4 Å². The van der Waals surface area contributed by atoms with Gasteiger partial charge < -0.3 is 9.72 Å². The van der Waals surface area contributed by atoms with Crippen LogP contribution >= 0.6 is 11.6 Å². The van der Waals surface area contributed by atoms with E-state index in [4.69, 9.17) is 16.3 Å². The summed E-state index contributed by atoms with van der Waals surface area (Å²) >= 11 is 6.17. The number of hydrogen-bond acceptors (Lipinski definition) is 4. The summed E-state index contributed by atoms with van der Waals surface area (Å²) in [6.07, 6.45) is 0. The van der Waals surface area contributed by atoms with Gasteiger partial charge in [-0.25, -0.2) is 4.79 Å². The molecule has 1 heterocycles. The number of carbonyl (C=O) groups excluding carboxylic acids is 2. The number of benzene rings is 1. The number of H-pyrrole nitrogens is 1. The maximum atomic E-state index is 12.7. The Balaban J connectivity index is 2.13. The molecule has 1 N–H and O–H groups in total. The average Bonchev–Trinajstić information content (AvgIpc) is 2.84. The predicted octanol–water partition coefficient (Wildman–Crippen LogP) is 3.78. The smallest absolute Gasteiger partial charge is 0.355 e. The second-order valence-corrected chi connectivity index (χ2v) is 6.44. The number of hydrogen-bond donors (Lipinski definition) is 1. The third kappa shape index (κ3) is 4.50. The van der Waals surface area contributed by atoms with Gasteiger partial charge in [-0.15, -0.1) is 0 Å². The number of Topliss-reactive ketones (excluding diaryl/α,β-unsaturated/α-hetero) is 1. The van der Waals surface area contributed by atoms with Crippen molar-refractivity contribution in [1.82, 2.24) is 9.88 Å².